The van der Waals surface area contributed by atoms with Gasteiger partial charge in [-0.25, -0.2) is 0 Å². The molecule has 0 aliphatic rings. The van der Waals surface area contributed by atoms with Crippen LogP contribution >= 0.6 is 12.2 Å². The molecule has 0 atom stereocenters. The molecule has 0 fully saturated rings. The number of carbonyl (C=O) groups is 1. The first kappa shape index (κ1) is 20.7. The van der Waals surface area contributed by atoms with Crippen LogP contribution in [0, 0.1) is 0 Å². The van der Waals surface area contributed by atoms with Gasteiger partial charge in [-0.1, -0.05) is 13.3 Å². The van der Waals surface area contributed by atoms with Gasteiger partial charge in [0.25, 0.3) is 5.91 Å². The SMILES string of the molecule is CCCCOc1ccc(NC(=S)NC(=O)c2ccc(C(F)(F)F)cc2)cc1. The maximum Gasteiger partial charge on any atom is 0.416 e. The molecule has 2 aromatic rings. The fraction of sp³-hybridized carbons (Fsp3) is 0.263. The van der Waals surface area contributed by atoms with Gasteiger partial charge in [0.05, 0.1) is 12.2 Å². The van der Waals surface area contributed by atoms with Crippen LogP contribution in [0.2, 0.25) is 0 Å². The molecule has 0 aliphatic carbocycles. The highest BCUT2D eigenvalue weighted by Crippen LogP contribution is 2.29. The first-order valence-electron chi connectivity index (χ1n) is 8.32. The predicted octanol–water partition coefficient (Wildman–Crippen LogP) is 5.01. The first-order chi connectivity index (χ1) is 12.8. The molecule has 0 aliphatic heterocycles. The van der Waals surface area contributed by atoms with E-state index in [1.165, 1.54) is 0 Å². The number of ether oxygens (including phenoxy) is 1. The van der Waals surface area contributed by atoms with Gasteiger partial charge in [-0.3, -0.25) is 10.1 Å². The number of alkyl halides is 3. The van der Waals surface area contributed by atoms with Gasteiger partial charge in [0.1, 0.15) is 5.75 Å². The predicted molar refractivity (Wildman–Crippen MR) is 102 cm³/mol. The summed E-state index contributed by atoms with van der Waals surface area (Å²) in [6.07, 6.45) is -2.43. The van der Waals surface area contributed by atoms with Crippen LogP contribution in [-0.2, 0) is 6.18 Å². The van der Waals surface area contributed by atoms with Gasteiger partial charge in [-0.15, -0.1) is 0 Å². The number of anilines is 1. The molecule has 0 saturated carbocycles. The minimum Gasteiger partial charge on any atom is -0.494 e. The lowest BCUT2D eigenvalue weighted by molar-refractivity contribution is -0.137. The van der Waals surface area contributed by atoms with Crippen LogP contribution < -0.4 is 15.4 Å². The van der Waals surface area contributed by atoms with Gasteiger partial charge in [-0.05, 0) is 67.2 Å². The van der Waals surface area contributed by atoms with Crippen LogP contribution in [0.15, 0.2) is 48.5 Å². The molecule has 8 heteroatoms. The maximum absolute atomic E-state index is 12.5. The molecule has 2 rings (SSSR count). The highest BCUT2D eigenvalue weighted by atomic mass is 32.1. The summed E-state index contributed by atoms with van der Waals surface area (Å²) in [7, 11) is 0. The van der Waals surface area contributed by atoms with Crippen molar-refractivity contribution in [3.05, 3.63) is 59.7 Å². The zero-order chi connectivity index (χ0) is 19.9. The summed E-state index contributed by atoms with van der Waals surface area (Å²) >= 11 is 5.06. The topological polar surface area (TPSA) is 50.4 Å². The molecule has 0 saturated heterocycles. The van der Waals surface area contributed by atoms with Crippen molar-refractivity contribution in [2.75, 3.05) is 11.9 Å². The Hall–Kier alpha value is -2.61. The molecule has 0 heterocycles. The molecule has 2 aromatic carbocycles. The van der Waals surface area contributed by atoms with Crippen molar-refractivity contribution >= 4 is 28.9 Å². The third-order valence-corrected chi connectivity index (χ3v) is 3.78. The number of carbonyl (C=O) groups excluding carboxylic acids is 1. The standard InChI is InChI=1S/C19H19F3N2O2S/c1-2-3-12-26-16-10-8-15(9-11-16)23-18(27)24-17(25)13-4-6-14(7-5-13)19(20,21)22/h4-11H,2-3,12H2,1H3,(H2,23,24,25,27). The van der Waals surface area contributed by atoms with Crippen LogP contribution in [0.25, 0.3) is 0 Å². The number of hydrogen-bond donors (Lipinski definition) is 2. The van der Waals surface area contributed by atoms with E-state index in [-0.39, 0.29) is 10.7 Å². The number of nitrogens with one attached hydrogen (secondary N) is 2. The number of hydrogen-bond acceptors (Lipinski definition) is 3. The molecule has 2 N–H and O–H groups in total. The molecule has 4 nitrogen and oxygen atoms in total. The number of thiocarbonyl (C=S) groups is 1. The zero-order valence-corrected chi connectivity index (χ0v) is 15.4. The van der Waals surface area contributed by atoms with E-state index in [0.29, 0.717) is 12.3 Å². The monoisotopic (exact) mass is 396 g/mol. The molecule has 27 heavy (non-hydrogen) atoms. The average Bonchev–Trinajstić information content (AvgIpc) is 2.62. The summed E-state index contributed by atoms with van der Waals surface area (Å²) in [5.41, 5.74) is -0.0941. The Balaban J connectivity index is 1.88. The van der Waals surface area contributed by atoms with E-state index in [9.17, 15) is 18.0 Å². The lowest BCUT2D eigenvalue weighted by atomic mass is 10.1. The molecule has 0 radical (unpaired) electrons. The number of amides is 1. The number of halogens is 3. The molecule has 0 bridgehead atoms. The summed E-state index contributed by atoms with van der Waals surface area (Å²) in [5.74, 6) is 0.134. The molecule has 0 spiro atoms. The number of unbranched alkanes of at least 4 members (excludes halogenated alkanes) is 1. The van der Waals surface area contributed by atoms with Crippen LogP contribution in [0.3, 0.4) is 0 Å². The summed E-state index contributed by atoms with van der Waals surface area (Å²) in [6, 6.07) is 10.9. The second kappa shape index (κ2) is 9.36. The Morgan fingerprint density at radius 3 is 2.26 bits per heavy atom. The van der Waals surface area contributed by atoms with Gasteiger partial charge in [0.2, 0.25) is 0 Å². The molecule has 1 amide bonds. The van der Waals surface area contributed by atoms with E-state index in [0.717, 1.165) is 42.9 Å². The van der Waals surface area contributed by atoms with Crippen LogP contribution in [0.5, 0.6) is 5.75 Å². The van der Waals surface area contributed by atoms with Crippen LogP contribution in [0.1, 0.15) is 35.7 Å². The van der Waals surface area contributed by atoms with E-state index in [1.54, 1.807) is 24.3 Å². The van der Waals surface area contributed by atoms with Crippen molar-refractivity contribution in [3.8, 4) is 5.75 Å². The average molecular weight is 396 g/mol. The summed E-state index contributed by atoms with van der Waals surface area (Å²) < 4.78 is 43.2. The number of rotatable bonds is 6. The Morgan fingerprint density at radius 1 is 1.07 bits per heavy atom. The second-order valence-electron chi connectivity index (χ2n) is 5.71. The van der Waals surface area contributed by atoms with Crippen molar-refractivity contribution in [1.82, 2.24) is 5.32 Å². The Labute approximate surface area is 160 Å². The van der Waals surface area contributed by atoms with Crippen molar-refractivity contribution in [2.24, 2.45) is 0 Å². The third kappa shape index (κ3) is 6.56. The van der Waals surface area contributed by atoms with Crippen LogP contribution in [0.4, 0.5) is 18.9 Å². The van der Waals surface area contributed by atoms with E-state index in [1.807, 2.05) is 0 Å². The molecule has 0 aromatic heterocycles. The Kier molecular flexibility index (Phi) is 7.18. The lowest BCUT2D eigenvalue weighted by Gasteiger charge is -2.11. The molecular formula is C19H19F3N2O2S. The first-order valence-corrected chi connectivity index (χ1v) is 8.73. The minimum absolute atomic E-state index is 0.0412. The van der Waals surface area contributed by atoms with Gasteiger partial charge in [0.15, 0.2) is 5.11 Å². The van der Waals surface area contributed by atoms with Gasteiger partial charge < -0.3 is 10.1 Å². The largest absolute Gasteiger partial charge is 0.494 e. The fourth-order valence-electron chi connectivity index (χ4n) is 2.12. The van der Waals surface area contributed by atoms with E-state index >= 15 is 0 Å². The lowest BCUT2D eigenvalue weighted by Crippen LogP contribution is -2.34. The van der Waals surface area contributed by atoms with Crippen LogP contribution in [-0.4, -0.2) is 17.6 Å². The Bertz CT molecular complexity index is 775. The van der Waals surface area contributed by atoms with Crippen molar-refractivity contribution in [2.45, 2.75) is 25.9 Å². The number of benzene rings is 2. The fourth-order valence-corrected chi connectivity index (χ4v) is 2.33. The zero-order valence-electron chi connectivity index (χ0n) is 14.6. The molecular weight excluding hydrogens is 377 g/mol. The van der Waals surface area contributed by atoms with E-state index in [2.05, 4.69) is 17.6 Å². The molecule has 0 unspecified atom stereocenters. The summed E-state index contributed by atoms with van der Waals surface area (Å²) in [4.78, 5) is 12.1. The third-order valence-electron chi connectivity index (χ3n) is 3.58. The van der Waals surface area contributed by atoms with Gasteiger partial charge >= 0.3 is 6.18 Å². The van der Waals surface area contributed by atoms with Gasteiger partial charge in [-0.2, -0.15) is 13.2 Å². The maximum atomic E-state index is 12.5. The summed E-state index contributed by atoms with van der Waals surface area (Å²) in [6.45, 7) is 2.72. The van der Waals surface area contributed by atoms with Gasteiger partial charge in [0, 0.05) is 11.3 Å². The normalized spacial score (nSPS) is 11.0. The Morgan fingerprint density at radius 2 is 1.70 bits per heavy atom. The van der Waals surface area contributed by atoms with Crippen molar-refractivity contribution in [1.29, 1.82) is 0 Å². The van der Waals surface area contributed by atoms with E-state index < -0.39 is 17.6 Å². The summed E-state index contributed by atoms with van der Waals surface area (Å²) in [5, 5.41) is 5.31. The van der Waals surface area contributed by atoms with Crippen molar-refractivity contribution < 1.29 is 22.7 Å². The second-order valence-corrected chi connectivity index (χ2v) is 6.12. The quantitative estimate of drug-likeness (QED) is 0.532. The highest BCUT2D eigenvalue weighted by molar-refractivity contribution is 7.80. The smallest absolute Gasteiger partial charge is 0.416 e. The highest BCUT2D eigenvalue weighted by Gasteiger charge is 2.30. The van der Waals surface area contributed by atoms with E-state index in [4.69, 9.17) is 17.0 Å². The van der Waals surface area contributed by atoms with Crippen molar-refractivity contribution in [3.63, 3.8) is 0 Å². The molecule has 144 valence electrons. The minimum atomic E-state index is -4.45.